The molecule has 0 radical (unpaired) electrons. The van der Waals surface area contributed by atoms with Crippen molar-refractivity contribution in [2.24, 2.45) is 0 Å². The van der Waals surface area contributed by atoms with Gasteiger partial charge >= 0.3 is 32.7 Å². The second kappa shape index (κ2) is 11.1. The van der Waals surface area contributed by atoms with Crippen molar-refractivity contribution in [3.05, 3.63) is 20.8 Å². The summed E-state index contributed by atoms with van der Waals surface area (Å²) in [5.41, 5.74) is 0. The predicted octanol–water partition coefficient (Wildman–Crippen LogP) is 1.96. The number of rotatable bonds is 3. The molecule has 0 aliphatic heterocycles. The zero-order valence-corrected chi connectivity index (χ0v) is 11.1. The SMILES string of the molecule is CC.[CH2-]C[N+](C)(C[CH2-])C[CH2-].[Y+3]. The molecular formula is C9H21NY+. The number of hydrogen-bond donors (Lipinski definition) is 0. The third-order valence-electron chi connectivity index (χ3n) is 1.62. The number of hydrogen-bond acceptors (Lipinski definition) is 0. The smallest absolute Gasteiger partial charge is 0.401 e. The van der Waals surface area contributed by atoms with Crippen molar-refractivity contribution < 1.29 is 37.2 Å². The zero-order valence-electron chi connectivity index (χ0n) is 8.27. The van der Waals surface area contributed by atoms with Gasteiger partial charge in [-0.05, 0) is 19.6 Å². The molecule has 0 bridgehead atoms. The second-order valence-electron chi connectivity index (χ2n) is 2.29. The van der Waals surface area contributed by atoms with E-state index in [9.17, 15) is 0 Å². The second-order valence-corrected chi connectivity index (χ2v) is 2.29. The minimum Gasteiger partial charge on any atom is -0.401 e. The average molecular weight is 232 g/mol. The van der Waals surface area contributed by atoms with Gasteiger partial charge < -0.3 is 4.48 Å². The van der Waals surface area contributed by atoms with E-state index in [-0.39, 0.29) is 32.7 Å². The molecule has 0 amide bonds. The van der Waals surface area contributed by atoms with Gasteiger partial charge in [0.15, 0.2) is 0 Å². The van der Waals surface area contributed by atoms with E-state index >= 15 is 0 Å². The molecule has 0 unspecified atom stereocenters. The fourth-order valence-electron chi connectivity index (χ4n) is 0.335. The van der Waals surface area contributed by atoms with Crippen LogP contribution in [0.3, 0.4) is 0 Å². The van der Waals surface area contributed by atoms with Crippen molar-refractivity contribution in [3.63, 3.8) is 0 Å². The van der Waals surface area contributed by atoms with Crippen LogP contribution in [-0.2, 0) is 32.7 Å². The normalized spacial score (nSPS) is 9.27. The van der Waals surface area contributed by atoms with E-state index in [1.54, 1.807) is 0 Å². The standard InChI is InChI=1S/C7H15N.C2H6.Y/c1-5-8(4,6-2)7-3;1-2;/h1-3,5-7H2,4H3;1-2H3;/q-2;;+3. The molecule has 0 fully saturated rings. The summed E-state index contributed by atoms with van der Waals surface area (Å²) in [4.78, 5) is 0. The van der Waals surface area contributed by atoms with Crippen molar-refractivity contribution in [1.82, 2.24) is 0 Å². The molecule has 0 aromatic heterocycles. The molecule has 2 heteroatoms. The molecule has 0 aromatic carbocycles. The van der Waals surface area contributed by atoms with Crippen molar-refractivity contribution >= 4 is 0 Å². The van der Waals surface area contributed by atoms with E-state index < -0.39 is 0 Å². The molecule has 0 saturated heterocycles. The van der Waals surface area contributed by atoms with Gasteiger partial charge in [0, 0.05) is 0 Å². The van der Waals surface area contributed by atoms with Crippen molar-refractivity contribution in [1.29, 1.82) is 0 Å². The van der Waals surface area contributed by atoms with Gasteiger partial charge in [-0.3, -0.25) is 20.8 Å². The van der Waals surface area contributed by atoms with Gasteiger partial charge in [0.1, 0.15) is 0 Å². The van der Waals surface area contributed by atoms with Gasteiger partial charge in [-0.25, -0.2) is 0 Å². The van der Waals surface area contributed by atoms with Gasteiger partial charge in [0.05, 0.1) is 7.05 Å². The van der Waals surface area contributed by atoms with E-state index in [0.717, 1.165) is 24.1 Å². The van der Waals surface area contributed by atoms with Gasteiger partial charge in [0.25, 0.3) is 0 Å². The maximum absolute atomic E-state index is 3.79. The summed E-state index contributed by atoms with van der Waals surface area (Å²) >= 11 is 0. The molecule has 0 aliphatic carbocycles. The van der Waals surface area contributed by atoms with Crippen molar-refractivity contribution in [2.75, 3.05) is 26.7 Å². The molecular weight excluding hydrogens is 211 g/mol. The summed E-state index contributed by atoms with van der Waals surface area (Å²) in [5, 5.41) is 0. The van der Waals surface area contributed by atoms with Gasteiger partial charge in [-0.2, -0.15) is 0 Å². The van der Waals surface area contributed by atoms with E-state index in [1.165, 1.54) is 0 Å². The van der Waals surface area contributed by atoms with Crippen molar-refractivity contribution in [3.8, 4) is 0 Å². The Bertz CT molecular complexity index is 52.3. The van der Waals surface area contributed by atoms with Gasteiger partial charge in [0.2, 0.25) is 0 Å². The zero-order chi connectivity index (χ0) is 8.62. The molecule has 0 heterocycles. The summed E-state index contributed by atoms with van der Waals surface area (Å²) in [6.07, 6.45) is 0. The molecule has 0 atom stereocenters. The van der Waals surface area contributed by atoms with Crippen LogP contribution in [0.25, 0.3) is 0 Å². The average Bonchev–Trinajstić information content (AvgIpc) is 2.07. The van der Waals surface area contributed by atoms with E-state index in [0.29, 0.717) is 0 Å². The Labute approximate surface area is 98.0 Å². The van der Waals surface area contributed by atoms with Crippen LogP contribution in [-0.4, -0.2) is 31.2 Å². The fraction of sp³-hybridized carbons (Fsp3) is 0.667. The summed E-state index contributed by atoms with van der Waals surface area (Å²) in [6.45, 7) is 18.0. The summed E-state index contributed by atoms with van der Waals surface area (Å²) in [6, 6.07) is 0. The first-order chi connectivity index (χ1) is 4.68. The first-order valence-corrected chi connectivity index (χ1v) is 3.90. The third kappa shape index (κ3) is 8.97. The molecule has 64 valence electrons. The van der Waals surface area contributed by atoms with Crippen LogP contribution in [0.4, 0.5) is 0 Å². The first kappa shape index (κ1) is 18.0. The number of nitrogens with zero attached hydrogens (tertiary/aromatic N) is 1. The van der Waals surface area contributed by atoms with E-state index in [4.69, 9.17) is 0 Å². The molecule has 0 N–H and O–H groups in total. The molecule has 0 spiro atoms. The Kier molecular flexibility index (Phi) is 18.1. The molecule has 0 aromatic rings. The van der Waals surface area contributed by atoms with Crippen LogP contribution < -0.4 is 0 Å². The Morgan fingerprint density at radius 1 is 0.909 bits per heavy atom. The van der Waals surface area contributed by atoms with Crippen LogP contribution in [0.2, 0.25) is 0 Å². The minimum absolute atomic E-state index is 0. The molecule has 1 nitrogen and oxygen atoms in total. The van der Waals surface area contributed by atoms with Crippen LogP contribution in [0.5, 0.6) is 0 Å². The Hall–Kier alpha value is 1.06. The Morgan fingerprint density at radius 3 is 1.09 bits per heavy atom. The molecule has 11 heavy (non-hydrogen) atoms. The number of quaternary nitrogens is 1. The van der Waals surface area contributed by atoms with E-state index in [2.05, 4.69) is 27.8 Å². The quantitative estimate of drug-likeness (QED) is 0.515. The van der Waals surface area contributed by atoms with Crippen LogP contribution in [0, 0.1) is 20.8 Å². The molecule has 0 saturated carbocycles. The van der Waals surface area contributed by atoms with Crippen molar-refractivity contribution in [2.45, 2.75) is 13.8 Å². The topological polar surface area (TPSA) is 0 Å². The summed E-state index contributed by atoms with van der Waals surface area (Å²) < 4.78 is 0.875. The Balaban J connectivity index is -0.000000196. The van der Waals surface area contributed by atoms with E-state index in [1.807, 2.05) is 13.8 Å². The molecule has 0 aliphatic rings. The summed E-state index contributed by atoms with van der Waals surface area (Å²) in [5.74, 6) is 0. The van der Waals surface area contributed by atoms with Gasteiger partial charge in [-0.15, -0.1) is 0 Å². The van der Waals surface area contributed by atoms with Crippen LogP contribution in [0.15, 0.2) is 0 Å². The summed E-state index contributed by atoms with van der Waals surface area (Å²) in [7, 11) is 2.10. The minimum atomic E-state index is 0. The monoisotopic (exact) mass is 232 g/mol. The Morgan fingerprint density at radius 2 is 1.09 bits per heavy atom. The van der Waals surface area contributed by atoms with Crippen LogP contribution >= 0.6 is 0 Å². The third-order valence-corrected chi connectivity index (χ3v) is 1.62. The maximum atomic E-state index is 3.79. The fourth-order valence-corrected chi connectivity index (χ4v) is 0.335. The van der Waals surface area contributed by atoms with Crippen LogP contribution in [0.1, 0.15) is 13.8 Å². The molecule has 0 rings (SSSR count). The predicted molar refractivity (Wildman–Crippen MR) is 48.2 cm³/mol. The van der Waals surface area contributed by atoms with Gasteiger partial charge in [-0.1, -0.05) is 13.8 Å². The first-order valence-electron chi connectivity index (χ1n) is 3.90. The maximum Gasteiger partial charge on any atom is 3.00 e. The largest absolute Gasteiger partial charge is 3.00 e.